The predicted molar refractivity (Wildman–Crippen MR) is 115 cm³/mol. The average molecular weight is 423 g/mol. The molecule has 0 fully saturated rings. The number of alkyl halides is 3. The van der Waals surface area contributed by atoms with Gasteiger partial charge in [0.2, 0.25) is 0 Å². The molecule has 0 aliphatic rings. The lowest BCUT2D eigenvalue weighted by Gasteiger charge is -2.13. The van der Waals surface area contributed by atoms with Crippen LogP contribution in [0.2, 0.25) is 0 Å². The third kappa shape index (κ3) is 4.77. The Morgan fingerprint density at radius 2 is 1.68 bits per heavy atom. The van der Waals surface area contributed by atoms with Gasteiger partial charge in [-0.3, -0.25) is 0 Å². The number of aromatic nitrogens is 2. The van der Waals surface area contributed by atoms with Crippen molar-refractivity contribution in [2.24, 2.45) is 0 Å². The van der Waals surface area contributed by atoms with Gasteiger partial charge in [0, 0.05) is 16.6 Å². The van der Waals surface area contributed by atoms with Crippen LogP contribution >= 0.6 is 0 Å². The fourth-order valence-corrected chi connectivity index (χ4v) is 3.13. The minimum atomic E-state index is -4.42. The van der Waals surface area contributed by atoms with E-state index in [9.17, 15) is 13.2 Å². The van der Waals surface area contributed by atoms with Gasteiger partial charge in [-0.15, -0.1) is 0 Å². The van der Waals surface area contributed by atoms with Crippen LogP contribution in [0.15, 0.2) is 72.8 Å². The quantitative estimate of drug-likeness (QED) is 0.368. The van der Waals surface area contributed by atoms with E-state index in [1.54, 1.807) is 6.07 Å². The first kappa shape index (κ1) is 20.7. The molecule has 1 heterocycles. The SMILES string of the molecule is CCCOc1ccc(-c2nc(Nc3cccc(C(F)(F)F)c3)c3ccccc3n2)cc1. The van der Waals surface area contributed by atoms with Crippen LogP contribution in [0, 0.1) is 0 Å². The van der Waals surface area contributed by atoms with Crippen molar-refractivity contribution in [1.29, 1.82) is 0 Å². The molecular formula is C24H20F3N3O. The zero-order valence-electron chi connectivity index (χ0n) is 16.8. The largest absolute Gasteiger partial charge is 0.494 e. The van der Waals surface area contributed by atoms with Crippen LogP contribution in [0.3, 0.4) is 0 Å². The number of rotatable bonds is 6. The van der Waals surface area contributed by atoms with Gasteiger partial charge < -0.3 is 10.1 Å². The van der Waals surface area contributed by atoms with Gasteiger partial charge in [-0.25, -0.2) is 9.97 Å². The molecule has 158 valence electrons. The number of para-hydroxylation sites is 1. The Labute approximate surface area is 177 Å². The Balaban J connectivity index is 1.72. The summed E-state index contributed by atoms with van der Waals surface area (Å²) in [5.41, 5.74) is 1.04. The second-order valence-corrected chi connectivity index (χ2v) is 6.99. The maximum absolute atomic E-state index is 13.1. The number of hydrogen-bond acceptors (Lipinski definition) is 4. The molecule has 7 heteroatoms. The Kier molecular flexibility index (Phi) is 5.75. The third-order valence-corrected chi connectivity index (χ3v) is 4.64. The van der Waals surface area contributed by atoms with Crippen molar-refractivity contribution in [1.82, 2.24) is 9.97 Å². The first-order valence-corrected chi connectivity index (χ1v) is 9.88. The van der Waals surface area contributed by atoms with Crippen molar-refractivity contribution in [2.45, 2.75) is 19.5 Å². The predicted octanol–water partition coefficient (Wildman–Crippen LogP) is 6.85. The van der Waals surface area contributed by atoms with E-state index in [4.69, 9.17) is 4.74 Å². The Morgan fingerprint density at radius 3 is 2.42 bits per heavy atom. The number of anilines is 2. The van der Waals surface area contributed by atoms with E-state index < -0.39 is 11.7 Å². The summed E-state index contributed by atoms with van der Waals surface area (Å²) < 4.78 is 44.9. The van der Waals surface area contributed by atoms with E-state index >= 15 is 0 Å². The summed E-state index contributed by atoms with van der Waals surface area (Å²) in [7, 11) is 0. The van der Waals surface area contributed by atoms with E-state index in [-0.39, 0.29) is 0 Å². The fraction of sp³-hybridized carbons (Fsp3) is 0.167. The Hall–Kier alpha value is -3.61. The van der Waals surface area contributed by atoms with Crippen LogP contribution in [-0.2, 0) is 6.18 Å². The van der Waals surface area contributed by atoms with Gasteiger partial charge in [0.1, 0.15) is 11.6 Å². The van der Waals surface area contributed by atoms with Crippen molar-refractivity contribution >= 4 is 22.4 Å². The zero-order chi connectivity index (χ0) is 21.8. The zero-order valence-corrected chi connectivity index (χ0v) is 16.8. The van der Waals surface area contributed by atoms with E-state index in [0.717, 1.165) is 29.9 Å². The van der Waals surface area contributed by atoms with Gasteiger partial charge in [-0.05, 0) is 61.0 Å². The molecule has 0 radical (unpaired) electrons. The molecule has 0 spiro atoms. The number of halogens is 3. The molecule has 0 aliphatic heterocycles. The van der Waals surface area contributed by atoms with E-state index in [1.807, 2.05) is 55.5 Å². The van der Waals surface area contributed by atoms with Crippen LogP contribution in [0.5, 0.6) is 5.75 Å². The number of fused-ring (bicyclic) bond motifs is 1. The summed E-state index contributed by atoms with van der Waals surface area (Å²) in [6.07, 6.45) is -3.50. The Morgan fingerprint density at radius 1 is 0.903 bits per heavy atom. The minimum Gasteiger partial charge on any atom is -0.494 e. The molecule has 4 nitrogen and oxygen atoms in total. The summed E-state index contributed by atoms with van der Waals surface area (Å²) in [6.45, 7) is 2.67. The summed E-state index contributed by atoms with van der Waals surface area (Å²) in [6, 6.07) is 19.8. The van der Waals surface area contributed by atoms with Gasteiger partial charge in [-0.1, -0.05) is 25.1 Å². The topological polar surface area (TPSA) is 47.0 Å². The highest BCUT2D eigenvalue weighted by molar-refractivity contribution is 5.92. The lowest BCUT2D eigenvalue weighted by molar-refractivity contribution is -0.137. The van der Waals surface area contributed by atoms with Gasteiger partial charge in [0.25, 0.3) is 0 Å². The second-order valence-electron chi connectivity index (χ2n) is 6.99. The van der Waals surface area contributed by atoms with Crippen molar-refractivity contribution < 1.29 is 17.9 Å². The lowest BCUT2D eigenvalue weighted by atomic mass is 10.1. The number of ether oxygens (including phenoxy) is 1. The molecule has 0 saturated carbocycles. The molecule has 31 heavy (non-hydrogen) atoms. The molecule has 1 N–H and O–H groups in total. The van der Waals surface area contributed by atoms with Crippen molar-refractivity contribution in [3.63, 3.8) is 0 Å². The molecule has 0 aliphatic carbocycles. The van der Waals surface area contributed by atoms with Crippen LogP contribution < -0.4 is 10.1 Å². The highest BCUT2D eigenvalue weighted by Crippen LogP contribution is 2.33. The second kappa shape index (κ2) is 8.63. The minimum absolute atomic E-state index is 0.299. The van der Waals surface area contributed by atoms with E-state index in [2.05, 4.69) is 15.3 Å². The first-order valence-electron chi connectivity index (χ1n) is 9.88. The van der Waals surface area contributed by atoms with Crippen LogP contribution in [-0.4, -0.2) is 16.6 Å². The number of nitrogens with one attached hydrogen (secondary N) is 1. The normalized spacial score (nSPS) is 11.5. The molecular weight excluding hydrogens is 403 g/mol. The summed E-state index contributed by atoms with van der Waals surface area (Å²) in [5, 5.41) is 3.75. The maximum atomic E-state index is 13.1. The lowest BCUT2D eigenvalue weighted by Crippen LogP contribution is -2.06. The Bertz CT molecular complexity index is 1190. The molecule has 0 saturated heterocycles. The highest BCUT2D eigenvalue weighted by Gasteiger charge is 2.30. The van der Waals surface area contributed by atoms with Crippen LogP contribution in [0.1, 0.15) is 18.9 Å². The molecule has 3 aromatic carbocycles. The van der Waals surface area contributed by atoms with Gasteiger partial charge >= 0.3 is 6.18 Å². The molecule has 0 bridgehead atoms. The standard InChI is InChI=1S/C24H20F3N3O/c1-2-14-31-19-12-10-16(11-13-19)22-29-21-9-4-3-8-20(21)23(30-22)28-18-7-5-6-17(15-18)24(25,26)27/h3-13,15H,2,14H2,1H3,(H,28,29,30). The molecule has 0 atom stereocenters. The number of hydrogen-bond donors (Lipinski definition) is 1. The molecule has 0 amide bonds. The van der Waals surface area contributed by atoms with E-state index in [1.165, 1.54) is 6.07 Å². The summed E-state index contributed by atoms with van der Waals surface area (Å²) >= 11 is 0. The third-order valence-electron chi connectivity index (χ3n) is 4.64. The van der Waals surface area contributed by atoms with Gasteiger partial charge in [-0.2, -0.15) is 13.2 Å². The van der Waals surface area contributed by atoms with Crippen LogP contribution in [0.4, 0.5) is 24.7 Å². The summed E-state index contributed by atoms with van der Waals surface area (Å²) in [5.74, 6) is 1.66. The summed E-state index contributed by atoms with van der Waals surface area (Å²) in [4.78, 5) is 9.23. The molecule has 0 unspecified atom stereocenters. The number of nitrogens with zero attached hydrogens (tertiary/aromatic N) is 2. The highest BCUT2D eigenvalue weighted by atomic mass is 19.4. The smallest absolute Gasteiger partial charge is 0.416 e. The van der Waals surface area contributed by atoms with Crippen molar-refractivity contribution in [3.05, 3.63) is 78.4 Å². The van der Waals surface area contributed by atoms with Crippen LogP contribution in [0.25, 0.3) is 22.3 Å². The van der Waals surface area contributed by atoms with Crippen molar-refractivity contribution in [2.75, 3.05) is 11.9 Å². The monoisotopic (exact) mass is 423 g/mol. The maximum Gasteiger partial charge on any atom is 0.416 e. The van der Waals surface area contributed by atoms with E-state index in [0.29, 0.717) is 34.8 Å². The average Bonchev–Trinajstić information content (AvgIpc) is 2.77. The first-order chi connectivity index (χ1) is 14.9. The van der Waals surface area contributed by atoms with Gasteiger partial charge in [0.05, 0.1) is 17.7 Å². The molecule has 4 aromatic rings. The van der Waals surface area contributed by atoms with Crippen molar-refractivity contribution in [3.8, 4) is 17.1 Å². The molecule has 1 aromatic heterocycles. The number of benzene rings is 3. The van der Waals surface area contributed by atoms with Gasteiger partial charge in [0.15, 0.2) is 5.82 Å². The fourth-order valence-electron chi connectivity index (χ4n) is 3.13. The molecule has 4 rings (SSSR count).